The largest absolute Gasteiger partial charge is 0.495 e. The average Bonchev–Trinajstić information content (AvgIpc) is 2.39. The van der Waals surface area contributed by atoms with Crippen LogP contribution in [-0.4, -0.2) is 25.7 Å². The van der Waals surface area contributed by atoms with Crippen LogP contribution in [0.3, 0.4) is 0 Å². The summed E-state index contributed by atoms with van der Waals surface area (Å²) < 4.78 is 5.19. The zero-order valence-corrected chi connectivity index (χ0v) is 12.2. The molecule has 0 atom stereocenters. The molecular weight excluding hydrogens is 244 g/mol. The zero-order valence-electron chi connectivity index (χ0n) is 11.4. The van der Waals surface area contributed by atoms with Crippen LogP contribution in [-0.2, 0) is 0 Å². The lowest BCUT2D eigenvalue weighted by molar-refractivity contribution is 0.417. The number of nitrogen functional groups attached to an aromatic ring is 1. The summed E-state index contributed by atoms with van der Waals surface area (Å²) in [6, 6.07) is 5.81. The van der Waals surface area contributed by atoms with Crippen molar-refractivity contribution in [2.45, 2.75) is 25.7 Å². The first-order valence-corrected chi connectivity index (χ1v) is 7.83. The lowest BCUT2D eigenvalue weighted by Crippen LogP contribution is -2.02. The molecule has 1 aromatic carbocycles. The van der Waals surface area contributed by atoms with Crippen molar-refractivity contribution in [1.82, 2.24) is 0 Å². The lowest BCUT2D eigenvalue weighted by Gasteiger charge is -2.09. The molecule has 0 aliphatic carbocycles. The average molecular weight is 268 g/mol. The predicted octanol–water partition coefficient (Wildman–Crippen LogP) is 3.61. The van der Waals surface area contributed by atoms with Gasteiger partial charge in [0.25, 0.3) is 0 Å². The van der Waals surface area contributed by atoms with E-state index in [1.54, 1.807) is 7.11 Å². The number of ether oxygens (including phenoxy) is 1. The Morgan fingerprint density at radius 3 is 2.72 bits per heavy atom. The molecule has 0 heterocycles. The van der Waals surface area contributed by atoms with E-state index in [1.807, 2.05) is 30.0 Å². The maximum absolute atomic E-state index is 5.77. The molecule has 0 spiro atoms. The molecule has 0 radical (unpaired) electrons. The normalized spacial score (nSPS) is 10.3. The first kappa shape index (κ1) is 15.0. The Kier molecular flexibility index (Phi) is 7.49. The summed E-state index contributed by atoms with van der Waals surface area (Å²) in [6.07, 6.45) is 7.32. The standard InChI is InChI=1S/C14H24N2OS/c1-17-14-11-12(7-8-13(14)15)16-9-5-3-4-6-10-18-2/h7-8,11,16H,3-6,9-10,15H2,1-2H3. The van der Waals surface area contributed by atoms with Crippen LogP contribution in [0.5, 0.6) is 5.75 Å². The highest BCUT2D eigenvalue weighted by atomic mass is 32.2. The van der Waals surface area contributed by atoms with E-state index >= 15 is 0 Å². The van der Waals surface area contributed by atoms with Crippen LogP contribution in [0.2, 0.25) is 0 Å². The van der Waals surface area contributed by atoms with Gasteiger partial charge in [0.2, 0.25) is 0 Å². The van der Waals surface area contributed by atoms with Crippen LogP contribution in [0.1, 0.15) is 25.7 Å². The smallest absolute Gasteiger partial charge is 0.143 e. The van der Waals surface area contributed by atoms with E-state index in [0.717, 1.165) is 18.0 Å². The Balaban J connectivity index is 2.19. The Morgan fingerprint density at radius 1 is 1.22 bits per heavy atom. The Bertz CT molecular complexity index is 345. The van der Waals surface area contributed by atoms with Crippen molar-refractivity contribution in [2.24, 2.45) is 0 Å². The minimum atomic E-state index is 0.681. The van der Waals surface area contributed by atoms with Crippen LogP contribution >= 0.6 is 11.8 Å². The molecule has 0 aliphatic rings. The molecule has 0 saturated heterocycles. The maximum Gasteiger partial charge on any atom is 0.143 e. The topological polar surface area (TPSA) is 47.3 Å². The van der Waals surface area contributed by atoms with Gasteiger partial charge in [-0.15, -0.1) is 0 Å². The van der Waals surface area contributed by atoms with E-state index in [9.17, 15) is 0 Å². The number of anilines is 2. The summed E-state index contributed by atoms with van der Waals surface area (Å²) in [5, 5.41) is 3.40. The molecule has 1 aromatic rings. The minimum Gasteiger partial charge on any atom is -0.495 e. The highest BCUT2D eigenvalue weighted by Gasteiger charge is 2.00. The van der Waals surface area contributed by atoms with Crippen LogP contribution < -0.4 is 15.8 Å². The summed E-state index contributed by atoms with van der Waals surface area (Å²) in [5.41, 5.74) is 7.52. The van der Waals surface area contributed by atoms with Crippen LogP contribution in [0.25, 0.3) is 0 Å². The molecule has 0 aliphatic heterocycles. The lowest BCUT2D eigenvalue weighted by atomic mass is 10.2. The summed E-state index contributed by atoms with van der Waals surface area (Å²) in [6.45, 7) is 1.01. The van der Waals surface area contributed by atoms with Crippen LogP contribution in [0, 0.1) is 0 Å². The summed E-state index contributed by atoms with van der Waals surface area (Å²) in [4.78, 5) is 0. The van der Waals surface area contributed by atoms with Crippen molar-refractivity contribution in [1.29, 1.82) is 0 Å². The molecule has 4 heteroatoms. The van der Waals surface area contributed by atoms with Crippen molar-refractivity contribution in [3.8, 4) is 5.75 Å². The number of thioether (sulfide) groups is 1. The highest BCUT2D eigenvalue weighted by Crippen LogP contribution is 2.24. The van der Waals surface area contributed by atoms with Gasteiger partial charge >= 0.3 is 0 Å². The number of hydrogen-bond acceptors (Lipinski definition) is 4. The number of benzene rings is 1. The van der Waals surface area contributed by atoms with E-state index < -0.39 is 0 Å². The summed E-state index contributed by atoms with van der Waals surface area (Å²) in [7, 11) is 1.64. The monoisotopic (exact) mass is 268 g/mol. The number of rotatable bonds is 9. The minimum absolute atomic E-state index is 0.681. The molecule has 0 amide bonds. The second-order valence-corrected chi connectivity index (χ2v) is 5.28. The second kappa shape index (κ2) is 8.97. The fourth-order valence-corrected chi connectivity index (χ4v) is 2.27. The number of hydrogen-bond donors (Lipinski definition) is 2. The third kappa shape index (κ3) is 5.54. The molecule has 102 valence electrons. The summed E-state index contributed by atoms with van der Waals surface area (Å²) in [5.74, 6) is 2.02. The van der Waals surface area contributed by atoms with Gasteiger partial charge < -0.3 is 15.8 Å². The third-order valence-electron chi connectivity index (χ3n) is 2.84. The van der Waals surface area contributed by atoms with Crippen molar-refractivity contribution in [3.63, 3.8) is 0 Å². The Hall–Kier alpha value is -1.03. The Labute approximate surface area is 114 Å². The molecule has 0 fully saturated rings. The molecule has 0 unspecified atom stereocenters. The van der Waals surface area contributed by atoms with Gasteiger partial charge in [-0.05, 0) is 37.0 Å². The maximum atomic E-state index is 5.77. The fraction of sp³-hybridized carbons (Fsp3) is 0.571. The molecule has 1 rings (SSSR count). The number of unbranched alkanes of at least 4 members (excludes halogenated alkanes) is 3. The van der Waals surface area contributed by atoms with Crippen LogP contribution in [0.15, 0.2) is 18.2 Å². The number of methoxy groups -OCH3 is 1. The van der Waals surface area contributed by atoms with E-state index in [1.165, 1.54) is 31.4 Å². The molecule has 0 aromatic heterocycles. The second-order valence-electron chi connectivity index (χ2n) is 4.29. The van der Waals surface area contributed by atoms with E-state index in [0.29, 0.717) is 5.69 Å². The van der Waals surface area contributed by atoms with Crippen LogP contribution in [0.4, 0.5) is 11.4 Å². The molecule has 0 saturated carbocycles. The molecular formula is C14H24N2OS. The van der Waals surface area contributed by atoms with E-state index in [-0.39, 0.29) is 0 Å². The highest BCUT2D eigenvalue weighted by molar-refractivity contribution is 7.98. The SMILES string of the molecule is COc1cc(NCCCCCCSC)ccc1N. The molecule has 18 heavy (non-hydrogen) atoms. The van der Waals surface area contributed by atoms with Crippen molar-refractivity contribution in [3.05, 3.63) is 18.2 Å². The number of nitrogens with two attached hydrogens (primary N) is 1. The van der Waals surface area contributed by atoms with E-state index in [4.69, 9.17) is 10.5 Å². The van der Waals surface area contributed by atoms with Gasteiger partial charge in [0.1, 0.15) is 5.75 Å². The van der Waals surface area contributed by atoms with Gasteiger partial charge in [-0.1, -0.05) is 12.8 Å². The van der Waals surface area contributed by atoms with Gasteiger partial charge in [-0.2, -0.15) is 11.8 Å². The van der Waals surface area contributed by atoms with E-state index in [2.05, 4.69) is 11.6 Å². The molecule has 3 nitrogen and oxygen atoms in total. The quantitative estimate of drug-likeness (QED) is 0.530. The van der Waals surface area contributed by atoms with Crippen molar-refractivity contribution in [2.75, 3.05) is 36.7 Å². The number of nitrogens with one attached hydrogen (secondary N) is 1. The van der Waals surface area contributed by atoms with Crippen molar-refractivity contribution < 1.29 is 4.74 Å². The Morgan fingerprint density at radius 2 is 2.00 bits per heavy atom. The molecule has 3 N–H and O–H groups in total. The molecule has 0 bridgehead atoms. The summed E-state index contributed by atoms with van der Waals surface area (Å²) >= 11 is 1.93. The van der Waals surface area contributed by atoms with Crippen molar-refractivity contribution >= 4 is 23.1 Å². The fourth-order valence-electron chi connectivity index (χ4n) is 1.78. The van der Waals surface area contributed by atoms with Gasteiger partial charge in [0.15, 0.2) is 0 Å². The van der Waals surface area contributed by atoms with Gasteiger partial charge in [-0.3, -0.25) is 0 Å². The first-order chi connectivity index (χ1) is 8.77. The zero-order chi connectivity index (χ0) is 13.2. The van der Waals surface area contributed by atoms with Gasteiger partial charge in [-0.25, -0.2) is 0 Å². The van der Waals surface area contributed by atoms with Gasteiger partial charge in [0.05, 0.1) is 12.8 Å². The first-order valence-electron chi connectivity index (χ1n) is 6.44. The third-order valence-corrected chi connectivity index (χ3v) is 3.53. The predicted molar refractivity (Wildman–Crippen MR) is 82.7 cm³/mol. The van der Waals surface area contributed by atoms with Gasteiger partial charge in [0, 0.05) is 18.3 Å².